The molecule has 1 aromatic heterocycles. The molecule has 2 aromatic carbocycles. The monoisotopic (exact) mass is 438 g/mol. The van der Waals surface area contributed by atoms with Gasteiger partial charge in [0.1, 0.15) is 0 Å². The predicted molar refractivity (Wildman–Crippen MR) is 133 cm³/mol. The molecule has 5 rings (SSSR count). The number of amides is 1. The molecule has 0 aliphatic heterocycles. The Kier molecular flexibility index (Phi) is 6.30. The van der Waals surface area contributed by atoms with Crippen LogP contribution in [0.4, 0.5) is 0 Å². The number of carbonyl (C=O) groups excluding carboxylic acids is 1. The lowest BCUT2D eigenvalue weighted by Gasteiger charge is -2.25. The van der Waals surface area contributed by atoms with Gasteiger partial charge in [-0.1, -0.05) is 55.5 Å². The van der Waals surface area contributed by atoms with Crippen LogP contribution in [0.25, 0.3) is 0 Å². The quantitative estimate of drug-likeness (QED) is 0.434. The highest BCUT2D eigenvalue weighted by molar-refractivity contribution is 5.94. The fourth-order valence-corrected chi connectivity index (χ4v) is 6.04. The molecule has 0 spiro atoms. The zero-order chi connectivity index (χ0) is 22.8. The van der Waals surface area contributed by atoms with Crippen LogP contribution in [0.1, 0.15) is 77.3 Å². The second-order valence-electron chi connectivity index (χ2n) is 10.0. The van der Waals surface area contributed by atoms with Crippen molar-refractivity contribution < 1.29 is 4.79 Å². The number of carbonyl (C=O) groups is 1. The van der Waals surface area contributed by atoms with Crippen molar-refractivity contribution in [3.8, 4) is 0 Å². The van der Waals surface area contributed by atoms with E-state index in [2.05, 4.69) is 60.4 Å². The molecule has 0 N–H and O–H groups in total. The molecule has 1 heterocycles. The highest BCUT2D eigenvalue weighted by atomic mass is 16.2. The van der Waals surface area contributed by atoms with E-state index in [1.54, 1.807) is 0 Å². The molecule has 0 saturated heterocycles. The fraction of sp³-hybridized carbons (Fsp3) is 0.400. The van der Waals surface area contributed by atoms with Crippen LogP contribution in [0.2, 0.25) is 0 Å². The van der Waals surface area contributed by atoms with Crippen molar-refractivity contribution in [2.45, 2.75) is 57.4 Å². The van der Waals surface area contributed by atoms with Crippen LogP contribution < -0.4 is 0 Å². The normalized spacial score (nSPS) is 22.7. The molecule has 0 bridgehead atoms. The van der Waals surface area contributed by atoms with Gasteiger partial charge < -0.3 is 4.90 Å². The zero-order valence-electron chi connectivity index (χ0n) is 19.8. The summed E-state index contributed by atoms with van der Waals surface area (Å²) in [5.41, 5.74) is 5.93. The Bertz CT molecular complexity index is 1090. The van der Waals surface area contributed by atoms with E-state index in [1.807, 2.05) is 36.3 Å². The third-order valence-corrected chi connectivity index (χ3v) is 8.07. The maximum Gasteiger partial charge on any atom is 0.254 e. The van der Waals surface area contributed by atoms with Crippen molar-refractivity contribution in [1.82, 2.24) is 9.88 Å². The van der Waals surface area contributed by atoms with E-state index >= 15 is 0 Å². The topological polar surface area (TPSA) is 33.2 Å². The third kappa shape index (κ3) is 4.59. The lowest BCUT2D eigenvalue weighted by atomic mass is 9.85. The molecule has 4 atom stereocenters. The van der Waals surface area contributed by atoms with E-state index in [1.165, 1.54) is 36.0 Å². The minimum absolute atomic E-state index is 0.0980. The second-order valence-corrected chi connectivity index (χ2v) is 10.0. The van der Waals surface area contributed by atoms with Gasteiger partial charge in [-0.2, -0.15) is 0 Å². The molecule has 1 fully saturated rings. The Balaban J connectivity index is 1.19. The standard InChI is InChI=1S/C30H34N2O/c1-21(24-7-4-3-5-8-24)26-15-12-23(20-26)19-22-10-13-25(14-11-22)30(33)32(2)29-17-16-28-27(29)9-6-18-31-28/h3-11,13-14,18,21,23,26,29H,12,15-17,19-20H2,1-2H3/t21-,23?,26+,29?/m1/s1. The molecule has 2 aliphatic rings. The first-order chi connectivity index (χ1) is 16.1. The lowest BCUT2D eigenvalue weighted by Crippen LogP contribution is -2.30. The minimum atomic E-state index is 0.0980. The van der Waals surface area contributed by atoms with Gasteiger partial charge in [-0.05, 0) is 91.2 Å². The summed E-state index contributed by atoms with van der Waals surface area (Å²) in [5, 5.41) is 0. The van der Waals surface area contributed by atoms with Crippen LogP contribution in [-0.4, -0.2) is 22.8 Å². The minimum Gasteiger partial charge on any atom is -0.335 e. The smallest absolute Gasteiger partial charge is 0.254 e. The molecule has 2 unspecified atom stereocenters. The maximum atomic E-state index is 13.2. The first-order valence-corrected chi connectivity index (χ1v) is 12.4. The summed E-state index contributed by atoms with van der Waals surface area (Å²) in [5.74, 6) is 2.24. The number of pyridine rings is 1. The molecular weight excluding hydrogens is 404 g/mol. The van der Waals surface area contributed by atoms with Gasteiger partial charge >= 0.3 is 0 Å². The number of aryl methyl sites for hydroxylation is 1. The number of hydrogen-bond acceptors (Lipinski definition) is 2. The summed E-state index contributed by atoms with van der Waals surface area (Å²) in [6.07, 6.45) is 8.79. The molecule has 170 valence electrons. The van der Waals surface area contributed by atoms with E-state index in [9.17, 15) is 4.79 Å². The van der Waals surface area contributed by atoms with Crippen LogP contribution in [0, 0.1) is 11.8 Å². The number of benzene rings is 2. The van der Waals surface area contributed by atoms with Gasteiger partial charge in [-0.15, -0.1) is 0 Å². The fourth-order valence-electron chi connectivity index (χ4n) is 6.04. The summed E-state index contributed by atoms with van der Waals surface area (Å²) >= 11 is 0. The Morgan fingerprint density at radius 1 is 1.00 bits per heavy atom. The molecule has 3 aromatic rings. The number of nitrogens with zero attached hydrogens (tertiary/aromatic N) is 2. The van der Waals surface area contributed by atoms with Crippen LogP contribution in [-0.2, 0) is 12.8 Å². The van der Waals surface area contributed by atoms with E-state index < -0.39 is 0 Å². The molecule has 33 heavy (non-hydrogen) atoms. The zero-order valence-corrected chi connectivity index (χ0v) is 19.8. The lowest BCUT2D eigenvalue weighted by molar-refractivity contribution is 0.0730. The molecule has 3 heteroatoms. The summed E-state index contributed by atoms with van der Waals surface area (Å²) in [6.45, 7) is 2.39. The molecule has 3 nitrogen and oxygen atoms in total. The highest BCUT2D eigenvalue weighted by Crippen LogP contribution is 2.41. The van der Waals surface area contributed by atoms with E-state index in [4.69, 9.17) is 0 Å². The van der Waals surface area contributed by atoms with E-state index in [0.29, 0.717) is 5.92 Å². The van der Waals surface area contributed by atoms with Gasteiger partial charge in [0.25, 0.3) is 5.91 Å². The average Bonchev–Trinajstić information content (AvgIpc) is 3.51. The van der Waals surface area contributed by atoms with Gasteiger partial charge in [0.2, 0.25) is 0 Å². The largest absolute Gasteiger partial charge is 0.335 e. The number of hydrogen-bond donors (Lipinski definition) is 0. The van der Waals surface area contributed by atoms with Crippen LogP contribution in [0.15, 0.2) is 72.9 Å². The third-order valence-electron chi connectivity index (χ3n) is 8.07. The molecular formula is C30H34N2O. The highest BCUT2D eigenvalue weighted by Gasteiger charge is 2.31. The van der Waals surface area contributed by atoms with Crippen molar-refractivity contribution in [1.29, 1.82) is 0 Å². The van der Waals surface area contributed by atoms with Gasteiger partial charge in [-0.25, -0.2) is 0 Å². The van der Waals surface area contributed by atoms with Gasteiger partial charge in [-0.3, -0.25) is 9.78 Å². The van der Waals surface area contributed by atoms with Crippen LogP contribution in [0.5, 0.6) is 0 Å². The molecule has 1 saturated carbocycles. The average molecular weight is 439 g/mol. The van der Waals surface area contributed by atoms with Gasteiger partial charge in [0, 0.05) is 24.5 Å². The number of aromatic nitrogens is 1. The first-order valence-electron chi connectivity index (χ1n) is 12.4. The van der Waals surface area contributed by atoms with E-state index in [-0.39, 0.29) is 11.9 Å². The Hall–Kier alpha value is -2.94. The van der Waals surface area contributed by atoms with Crippen molar-refractivity contribution in [2.75, 3.05) is 7.05 Å². The maximum absolute atomic E-state index is 13.2. The van der Waals surface area contributed by atoms with Gasteiger partial charge in [0.15, 0.2) is 0 Å². The second kappa shape index (κ2) is 9.51. The Morgan fingerprint density at radius 2 is 1.79 bits per heavy atom. The van der Waals surface area contributed by atoms with Gasteiger partial charge in [0.05, 0.1) is 6.04 Å². The summed E-state index contributed by atoms with van der Waals surface area (Å²) in [6, 6.07) is 23.5. The molecule has 1 amide bonds. The van der Waals surface area contributed by atoms with Crippen LogP contribution >= 0.6 is 0 Å². The Morgan fingerprint density at radius 3 is 2.58 bits per heavy atom. The van der Waals surface area contributed by atoms with Crippen LogP contribution in [0.3, 0.4) is 0 Å². The predicted octanol–water partition coefficient (Wildman–Crippen LogP) is 6.60. The number of rotatable bonds is 6. The summed E-state index contributed by atoms with van der Waals surface area (Å²) < 4.78 is 0. The molecule has 0 radical (unpaired) electrons. The first kappa shape index (κ1) is 21.9. The summed E-state index contributed by atoms with van der Waals surface area (Å²) in [4.78, 5) is 19.5. The van der Waals surface area contributed by atoms with Crippen molar-refractivity contribution in [3.63, 3.8) is 0 Å². The SMILES string of the molecule is C[C@H](c1ccccc1)[C@H]1CCC(Cc2ccc(C(=O)N(C)C3CCc4ncccc43)cc2)C1. The Labute approximate surface area is 197 Å². The molecule has 2 aliphatic carbocycles. The number of fused-ring (bicyclic) bond motifs is 1. The van der Waals surface area contributed by atoms with Crippen molar-refractivity contribution >= 4 is 5.91 Å². The summed E-state index contributed by atoms with van der Waals surface area (Å²) in [7, 11) is 1.93. The van der Waals surface area contributed by atoms with Crippen molar-refractivity contribution in [3.05, 3.63) is 101 Å². The van der Waals surface area contributed by atoms with E-state index in [0.717, 1.165) is 42.4 Å². The van der Waals surface area contributed by atoms with Crippen molar-refractivity contribution in [2.24, 2.45) is 11.8 Å².